The molecule has 25 heavy (non-hydrogen) atoms. The highest BCUT2D eigenvalue weighted by molar-refractivity contribution is 9.10. The Hall–Kier alpha value is -2.25. The van der Waals surface area contributed by atoms with Gasteiger partial charge in [-0.3, -0.25) is 4.79 Å². The molecule has 0 radical (unpaired) electrons. The lowest BCUT2D eigenvalue weighted by molar-refractivity contribution is -0.120. The second-order valence-corrected chi connectivity index (χ2v) is 6.56. The Morgan fingerprint density at radius 1 is 1.28 bits per heavy atom. The summed E-state index contributed by atoms with van der Waals surface area (Å²) in [5, 5.41) is 6.79. The highest BCUT2D eigenvalue weighted by Gasteiger charge is 2.12. The number of nitrogens with one attached hydrogen (secondary N) is 1. The largest absolute Gasteiger partial charge is 0.347 e. The van der Waals surface area contributed by atoms with Crippen LogP contribution in [-0.2, 0) is 17.8 Å². The van der Waals surface area contributed by atoms with Gasteiger partial charge in [-0.25, -0.2) is 4.39 Å². The van der Waals surface area contributed by atoms with Crippen molar-refractivity contribution in [2.45, 2.75) is 13.0 Å². The van der Waals surface area contributed by atoms with Gasteiger partial charge >= 0.3 is 0 Å². The van der Waals surface area contributed by atoms with Crippen molar-refractivity contribution in [3.8, 4) is 11.4 Å². The number of aromatic nitrogens is 2. The molecule has 0 bridgehead atoms. The quantitative estimate of drug-likeness (QED) is 0.668. The maximum atomic E-state index is 13.7. The van der Waals surface area contributed by atoms with Crippen molar-refractivity contribution in [1.82, 2.24) is 15.5 Å². The summed E-state index contributed by atoms with van der Waals surface area (Å²) in [7, 11) is 0. The predicted octanol–water partition coefficient (Wildman–Crippen LogP) is 4.15. The number of amides is 1. The molecule has 1 heterocycles. The van der Waals surface area contributed by atoms with E-state index in [0.717, 1.165) is 10.0 Å². The van der Waals surface area contributed by atoms with Crippen LogP contribution < -0.4 is 5.32 Å². The van der Waals surface area contributed by atoms with E-state index < -0.39 is 5.82 Å². The van der Waals surface area contributed by atoms with Crippen LogP contribution in [0.25, 0.3) is 11.4 Å². The number of benzene rings is 2. The number of carbonyl (C=O) groups excluding carboxylic acids is 1. The standard InChI is InChI=1S/C17H12BrClFN3O2/c18-12-3-1-2-11(6-12)17-22-16(25-23-17)9-21-15(24)7-10-4-5-13(19)8-14(10)20/h1-6,8H,7,9H2,(H,21,24). The van der Waals surface area contributed by atoms with Crippen LogP contribution in [0, 0.1) is 5.82 Å². The van der Waals surface area contributed by atoms with E-state index in [-0.39, 0.29) is 35.3 Å². The Balaban J connectivity index is 1.59. The summed E-state index contributed by atoms with van der Waals surface area (Å²) in [4.78, 5) is 16.2. The number of hydrogen-bond donors (Lipinski definition) is 1. The summed E-state index contributed by atoms with van der Waals surface area (Å²) in [6, 6.07) is 11.6. The fraction of sp³-hybridized carbons (Fsp3) is 0.118. The molecule has 1 aromatic heterocycles. The Morgan fingerprint density at radius 3 is 2.88 bits per heavy atom. The van der Waals surface area contributed by atoms with Crippen molar-refractivity contribution in [3.63, 3.8) is 0 Å². The molecule has 8 heteroatoms. The van der Waals surface area contributed by atoms with Crippen molar-refractivity contribution >= 4 is 33.4 Å². The van der Waals surface area contributed by atoms with Crippen LogP contribution in [0.3, 0.4) is 0 Å². The maximum absolute atomic E-state index is 13.7. The molecular weight excluding hydrogens is 413 g/mol. The maximum Gasteiger partial charge on any atom is 0.246 e. The van der Waals surface area contributed by atoms with Gasteiger partial charge in [-0.2, -0.15) is 4.98 Å². The molecule has 0 saturated heterocycles. The summed E-state index contributed by atoms with van der Waals surface area (Å²) in [5.41, 5.74) is 1.06. The average molecular weight is 425 g/mol. The van der Waals surface area contributed by atoms with Crippen molar-refractivity contribution in [1.29, 1.82) is 0 Å². The number of hydrogen-bond acceptors (Lipinski definition) is 4. The molecule has 2 aromatic carbocycles. The van der Waals surface area contributed by atoms with Gasteiger partial charge in [0.15, 0.2) is 0 Å². The number of nitrogens with zero attached hydrogens (tertiary/aromatic N) is 2. The molecule has 1 N–H and O–H groups in total. The second-order valence-electron chi connectivity index (χ2n) is 5.21. The lowest BCUT2D eigenvalue weighted by atomic mass is 10.1. The third-order valence-corrected chi connectivity index (χ3v) is 4.08. The molecule has 0 aliphatic heterocycles. The highest BCUT2D eigenvalue weighted by atomic mass is 79.9. The first-order valence-electron chi connectivity index (χ1n) is 7.30. The summed E-state index contributed by atoms with van der Waals surface area (Å²) < 4.78 is 19.7. The van der Waals surface area contributed by atoms with E-state index in [9.17, 15) is 9.18 Å². The number of rotatable bonds is 5. The minimum Gasteiger partial charge on any atom is -0.347 e. The smallest absolute Gasteiger partial charge is 0.246 e. The molecule has 3 aromatic rings. The van der Waals surface area contributed by atoms with E-state index in [4.69, 9.17) is 16.1 Å². The van der Waals surface area contributed by atoms with Gasteiger partial charge in [0, 0.05) is 15.1 Å². The van der Waals surface area contributed by atoms with Crippen LogP contribution in [0.5, 0.6) is 0 Å². The van der Waals surface area contributed by atoms with Crippen LogP contribution in [0.2, 0.25) is 5.02 Å². The van der Waals surface area contributed by atoms with Crippen molar-refractivity contribution in [2.24, 2.45) is 0 Å². The molecule has 0 saturated carbocycles. The molecule has 0 aliphatic rings. The Labute approximate surface area is 156 Å². The fourth-order valence-electron chi connectivity index (χ4n) is 2.15. The van der Waals surface area contributed by atoms with Gasteiger partial charge in [0.05, 0.1) is 13.0 Å². The van der Waals surface area contributed by atoms with Crippen LogP contribution in [0.15, 0.2) is 51.5 Å². The number of halogens is 3. The summed E-state index contributed by atoms with van der Waals surface area (Å²) in [6.45, 7) is 0.0645. The Kier molecular flexibility index (Phi) is 5.45. The Bertz CT molecular complexity index is 916. The summed E-state index contributed by atoms with van der Waals surface area (Å²) in [5.74, 6) is -0.185. The number of carbonyl (C=O) groups is 1. The van der Waals surface area contributed by atoms with Crippen LogP contribution >= 0.6 is 27.5 Å². The second kappa shape index (κ2) is 7.76. The zero-order valence-corrected chi connectivity index (χ0v) is 15.1. The molecule has 128 valence electrons. The molecular formula is C17H12BrClFN3O2. The van der Waals surface area contributed by atoms with E-state index in [2.05, 4.69) is 31.4 Å². The van der Waals surface area contributed by atoms with Gasteiger partial charge in [-0.05, 0) is 29.8 Å². The first kappa shape index (κ1) is 17.6. The molecule has 0 atom stereocenters. The molecule has 0 aliphatic carbocycles. The molecule has 5 nitrogen and oxygen atoms in total. The van der Waals surface area contributed by atoms with Gasteiger partial charge in [-0.1, -0.05) is 50.9 Å². The minimum absolute atomic E-state index is 0.0645. The highest BCUT2D eigenvalue weighted by Crippen LogP contribution is 2.20. The van der Waals surface area contributed by atoms with Crippen molar-refractivity contribution < 1.29 is 13.7 Å². The van der Waals surface area contributed by atoms with Gasteiger partial charge in [0.2, 0.25) is 17.6 Å². The summed E-state index contributed by atoms with van der Waals surface area (Å²) in [6.07, 6.45) is -0.102. The van der Waals surface area contributed by atoms with Crippen molar-refractivity contribution in [3.05, 3.63) is 69.2 Å². The average Bonchev–Trinajstić information content (AvgIpc) is 3.05. The van der Waals surface area contributed by atoms with E-state index in [1.807, 2.05) is 24.3 Å². The van der Waals surface area contributed by atoms with E-state index in [0.29, 0.717) is 5.82 Å². The zero-order valence-electron chi connectivity index (χ0n) is 12.8. The summed E-state index contributed by atoms with van der Waals surface area (Å²) >= 11 is 9.06. The zero-order chi connectivity index (χ0) is 17.8. The predicted molar refractivity (Wildman–Crippen MR) is 94.4 cm³/mol. The van der Waals surface area contributed by atoms with Gasteiger partial charge in [0.25, 0.3) is 0 Å². The molecule has 1 amide bonds. The fourth-order valence-corrected chi connectivity index (χ4v) is 2.70. The molecule has 3 rings (SSSR count). The lowest BCUT2D eigenvalue weighted by Gasteiger charge is -2.04. The Morgan fingerprint density at radius 2 is 2.12 bits per heavy atom. The van der Waals surface area contributed by atoms with Crippen LogP contribution in [-0.4, -0.2) is 16.0 Å². The van der Waals surface area contributed by atoms with Crippen molar-refractivity contribution in [2.75, 3.05) is 0 Å². The van der Waals surface area contributed by atoms with Crippen LogP contribution in [0.1, 0.15) is 11.5 Å². The molecule has 0 fully saturated rings. The van der Waals surface area contributed by atoms with Crippen LogP contribution in [0.4, 0.5) is 4.39 Å². The minimum atomic E-state index is -0.516. The lowest BCUT2D eigenvalue weighted by Crippen LogP contribution is -2.25. The normalized spacial score (nSPS) is 10.7. The third-order valence-electron chi connectivity index (χ3n) is 3.35. The topological polar surface area (TPSA) is 68.0 Å². The van der Waals surface area contributed by atoms with E-state index >= 15 is 0 Å². The van der Waals surface area contributed by atoms with Gasteiger partial charge < -0.3 is 9.84 Å². The molecule has 0 spiro atoms. The third kappa shape index (κ3) is 4.64. The van der Waals surface area contributed by atoms with Gasteiger partial charge in [-0.15, -0.1) is 0 Å². The first-order chi connectivity index (χ1) is 12.0. The monoisotopic (exact) mass is 423 g/mol. The van der Waals surface area contributed by atoms with Gasteiger partial charge in [0.1, 0.15) is 5.82 Å². The first-order valence-corrected chi connectivity index (χ1v) is 8.47. The van der Waals surface area contributed by atoms with E-state index in [1.54, 1.807) is 0 Å². The SMILES string of the molecule is O=C(Cc1ccc(Cl)cc1F)NCc1nc(-c2cccc(Br)c2)no1. The molecule has 0 unspecified atom stereocenters. The van der Waals surface area contributed by atoms with E-state index in [1.165, 1.54) is 18.2 Å².